The van der Waals surface area contributed by atoms with Gasteiger partial charge in [-0.3, -0.25) is 15.0 Å². The number of hydrogen-bond donors (Lipinski definition) is 1. The topological polar surface area (TPSA) is 69.3 Å². The lowest BCUT2D eigenvalue weighted by atomic mass is 10.1. The van der Waals surface area contributed by atoms with Crippen molar-refractivity contribution in [3.63, 3.8) is 0 Å². The second-order valence-corrected chi connectivity index (χ2v) is 7.84. The molecule has 1 aliphatic heterocycles. The molecule has 150 valence electrons. The molecule has 0 unspecified atom stereocenters. The quantitative estimate of drug-likeness (QED) is 0.517. The van der Waals surface area contributed by atoms with E-state index in [-0.39, 0.29) is 10.6 Å². The number of ether oxygens (including phenoxy) is 2. The van der Waals surface area contributed by atoms with Crippen LogP contribution in [0.15, 0.2) is 40.9 Å². The maximum absolute atomic E-state index is 11.5. The Kier molecular flexibility index (Phi) is 6.88. The van der Waals surface area contributed by atoms with Crippen molar-refractivity contribution in [2.24, 2.45) is 0 Å². The third kappa shape index (κ3) is 5.01. The fraction of sp³-hybridized carbons (Fsp3) is 0.400. The summed E-state index contributed by atoms with van der Waals surface area (Å²) in [6, 6.07) is 11.6. The smallest absolute Gasteiger partial charge is 0.277 e. The predicted octanol–water partition coefficient (Wildman–Crippen LogP) is 2.28. The summed E-state index contributed by atoms with van der Waals surface area (Å²) in [7, 11) is 3.02. The lowest BCUT2D eigenvalue weighted by molar-refractivity contribution is -0.918. The number of nitro groups is 1. The van der Waals surface area contributed by atoms with Gasteiger partial charge in [-0.2, -0.15) is 0 Å². The zero-order valence-electron chi connectivity index (χ0n) is 16.1. The number of nitro benzene ring substituents is 1. The summed E-state index contributed by atoms with van der Waals surface area (Å²) < 4.78 is 11.6. The zero-order chi connectivity index (χ0) is 20.1. The van der Waals surface area contributed by atoms with Crippen molar-refractivity contribution in [3.05, 3.63) is 62.1 Å². The largest absolute Gasteiger partial charge is 0.493 e. The molecule has 0 saturated carbocycles. The van der Waals surface area contributed by atoms with Crippen molar-refractivity contribution >= 4 is 21.6 Å². The summed E-state index contributed by atoms with van der Waals surface area (Å²) >= 11 is 3.52. The van der Waals surface area contributed by atoms with Gasteiger partial charge in [-0.25, -0.2) is 0 Å². The maximum Gasteiger partial charge on any atom is 0.277 e. The molecule has 1 fully saturated rings. The van der Waals surface area contributed by atoms with Crippen LogP contribution in [0, 0.1) is 10.1 Å². The fourth-order valence-corrected chi connectivity index (χ4v) is 4.03. The molecular formula is C20H25BrN3O4+. The number of halogens is 1. The number of hydrogen-bond acceptors (Lipinski definition) is 5. The van der Waals surface area contributed by atoms with Crippen LogP contribution < -0.4 is 14.4 Å². The van der Waals surface area contributed by atoms with Gasteiger partial charge < -0.3 is 14.4 Å². The van der Waals surface area contributed by atoms with Crippen molar-refractivity contribution in [1.82, 2.24) is 4.90 Å². The number of quaternary nitrogens is 1. The van der Waals surface area contributed by atoms with Crippen molar-refractivity contribution in [2.45, 2.75) is 13.1 Å². The Morgan fingerprint density at radius 3 is 2.43 bits per heavy atom. The van der Waals surface area contributed by atoms with Gasteiger partial charge in [-0.1, -0.05) is 28.1 Å². The molecule has 28 heavy (non-hydrogen) atoms. The molecule has 0 aromatic heterocycles. The first-order valence-electron chi connectivity index (χ1n) is 9.20. The van der Waals surface area contributed by atoms with Crippen LogP contribution in [0.2, 0.25) is 0 Å². The Labute approximate surface area is 173 Å². The molecule has 1 saturated heterocycles. The Morgan fingerprint density at radius 1 is 1.14 bits per heavy atom. The van der Waals surface area contributed by atoms with Crippen LogP contribution in [-0.2, 0) is 13.1 Å². The van der Waals surface area contributed by atoms with Crippen LogP contribution in [-0.4, -0.2) is 50.2 Å². The van der Waals surface area contributed by atoms with Crippen LogP contribution in [0.3, 0.4) is 0 Å². The van der Waals surface area contributed by atoms with Gasteiger partial charge in [-0.05, 0) is 18.2 Å². The van der Waals surface area contributed by atoms with E-state index in [9.17, 15) is 10.1 Å². The number of nitrogens with zero attached hydrogens (tertiary/aromatic N) is 2. The highest BCUT2D eigenvalue weighted by Crippen LogP contribution is 2.35. The summed E-state index contributed by atoms with van der Waals surface area (Å²) in [6.45, 7) is 5.33. The first-order valence-corrected chi connectivity index (χ1v) is 9.99. The maximum atomic E-state index is 11.5. The molecular weight excluding hydrogens is 426 g/mol. The molecule has 0 spiro atoms. The van der Waals surface area contributed by atoms with E-state index >= 15 is 0 Å². The van der Waals surface area contributed by atoms with Gasteiger partial charge in [0.05, 0.1) is 38.3 Å². The minimum atomic E-state index is -0.355. The summed E-state index contributed by atoms with van der Waals surface area (Å²) in [5.74, 6) is 0.892. The van der Waals surface area contributed by atoms with Crippen molar-refractivity contribution in [1.29, 1.82) is 0 Å². The zero-order valence-corrected chi connectivity index (χ0v) is 17.7. The van der Waals surface area contributed by atoms with Gasteiger partial charge in [0.1, 0.15) is 6.54 Å². The Balaban J connectivity index is 1.65. The number of rotatable bonds is 7. The molecule has 0 atom stereocenters. The van der Waals surface area contributed by atoms with Gasteiger partial charge in [0.25, 0.3) is 5.69 Å². The normalized spacial score (nSPS) is 15.4. The third-order valence-corrected chi connectivity index (χ3v) is 5.58. The standard InChI is InChI=1S/C20H24BrN3O4/c1-27-19-11-16(18(24(25)26)12-20(19)28-2)14-23-8-6-22(7-9-23)13-15-4-3-5-17(21)10-15/h3-5,10-12H,6-9,13-14H2,1-2H3/p+1. The van der Waals surface area contributed by atoms with E-state index in [2.05, 4.69) is 39.0 Å². The SMILES string of the molecule is COc1cc(CN2CC[NH+](Cc3cccc(Br)c3)CC2)c([N+](=O)[O-])cc1OC. The highest BCUT2D eigenvalue weighted by molar-refractivity contribution is 9.10. The third-order valence-electron chi connectivity index (χ3n) is 5.08. The lowest BCUT2D eigenvalue weighted by Gasteiger charge is -2.32. The molecule has 0 aliphatic carbocycles. The number of methoxy groups -OCH3 is 2. The number of benzene rings is 2. The van der Waals surface area contributed by atoms with Gasteiger partial charge in [0, 0.05) is 35.2 Å². The molecule has 7 nitrogen and oxygen atoms in total. The summed E-state index contributed by atoms with van der Waals surface area (Å²) in [6.07, 6.45) is 0. The minimum Gasteiger partial charge on any atom is -0.493 e. The molecule has 2 aromatic rings. The molecule has 0 amide bonds. The number of piperazine rings is 1. The summed E-state index contributed by atoms with van der Waals surface area (Å²) in [4.78, 5) is 14.9. The predicted molar refractivity (Wildman–Crippen MR) is 110 cm³/mol. The lowest BCUT2D eigenvalue weighted by Crippen LogP contribution is -3.13. The monoisotopic (exact) mass is 450 g/mol. The van der Waals surface area contributed by atoms with Crippen LogP contribution in [0.1, 0.15) is 11.1 Å². The average molecular weight is 451 g/mol. The molecule has 1 heterocycles. The van der Waals surface area contributed by atoms with Crippen LogP contribution >= 0.6 is 15.9 Å². The highest BCUT2D eigenvalue weighted by Gasteiger charge is 2.25. The molecule has 3 rings (SSSR count). The highest BCUT2D eigenvalue weighted by atomic mass is 79.9. The first-order chi connectivity index (χ1) is 13.5. The Hall–Kier alpha value is -2.16. The molecule has 0 bridgehead atoms. The first kappa shape index (κ1) is 20.6. The molecule has 1 aliphatic rings. The number of nitrogens with one attached hydrogen (secondary N) is 1. The van der Waals surface area contributed by atoms with Crippen LogP contribution in [0.5, 0.6) is 11.5 Å². The summed E-state index contributed by atoms with van der Waals surface area (Å²) in [5, 5.41) is 11.5. The van der Waals surface area contributed by atoms with E-state index < -0.39 is 0 Å². The van der Waals surface area contributed by atoms with E-state index in [1.54, 1.807) is 6.07 Å². The van der Waals surface area contributed by atoms with Gasteiger partial charge in [0.2, 0.25) is 0 Å². The molecule has 1 N–H and O–H groups in total. The molecule has 2 aromatic carbocycles. The molecule has 0 radical (unpaired) electrons. The van der Waals surface area contributed by atoms with Gasteiger partial charge in [0.15, 0.2) is 11.5 Å². The second-order valence-electron chi connectivity index (χ2n) is 6.93. The van der Waals surface area contributed by atoms with Crippen molar-refractivity contribution in [2.75, 3.05) is 40.4 Å². The van der Waals surface area contributed by atoms with E-state index in [0.29, 0.717) is 23.6 Å². The van der Waals surface area contributed by atoms with Crippen molar-refractivity contribution < 1.29 is 19.3 Å². The molecule has 8 heteroatoms. The van der Waals surface area contributed by atoms with Crippen LogP contribution in [0.25, 0.3) is 0 Å². The van der Waals surface area contributed by atoms with E-state index in [1.165, 1.54) is 30.7 Å². The van der Waals surface area contributed by atoms with E-state index in [1.807, 2.05) is 6.07 Å². The summed E-state index contributed by atoms with van der Waals surface area (Å²) in [5.41, 5.74) is 2.04. The minimum absolute atomic E-state index is 0.0709. The average Bonchev–Trinajstić information content (AvgIpc) is 2.69. The van der Waals surface area contributed by atoms with Gasteiger partial charge in [-0.15, -0.1) is 0 Å². The Morgan fingerprint density at radius 2 is 1.82 bits per heavy atom. The van der Waals surface area contributed by atoms with E-state index in [0.717, 1.165) is 37.2 Å². The van der Waals surface area contributed by atoms with Crippen LogP contribution in [0.4, 0.5) is 5.69 Å². The second kappa shape index (κ2) is 9.36. The Bertz CT molecular complexity index is 838. The van der Waals surface area contributed by atoms with E-state index in [4.69, 9.17) is 9.47 Å². The van der Waals surface area contributed by atoms with Gasteiger partial charge >= 0.3 is 0 Å². The van der Waals surface area contributed by atoms with Crippen molar-refractivity contribution in [3.8, 4) is 11.5 Å². The fourth-order valence-electron chi connectivity index (χ4n) is 3.59.